The van der Waals surface area contributed by atoms with Crippen molar-refractivity contribution in [3.63, 3.8) is 0 Å². The highest BCUT2D eigenvalue weighted by Gasteiger charge is 2.36. The Hall–Kier alpha value is -6.64. The normalized spacial score (nSPS) is 13.1. The van der Waals surface area contributed by atoms with Crippen molar-refractivity contribution in [2.45, 2.75) is 40.0 Å². The molecule has 11 rings (SSSR count). The number of anilines is 3. The third-order valence-electron chi connectivity index (χ3n) is 13.3. The maximum atomic E-state index is 2.50. The van der Waals surface area contributed by atoms with Crippen molar-refractivity contribution < 1.29 is 0 Å². The summed E-state index contributed by atoms with van der Waals surface area (Å²) in [7, 11) is 0. The standard InChI is InChI=1S/C56H44BN/c1-35-16-9-14-24-50(35)57(51-25-15-18-38-17-10-11-21-43(38)51)52-32-36(2)41-29-31-47-53(33-37(3)42-28-30-46(52)54(41)55(42)47)58(39-19-7-6-8-20-39)40-26-27-45-44-22-12-13-23-48(44)56(4,5)49(45)34-40/h6-34H,1-5H3. The molecule has 0 fully saturated rings. The van der Waals surface area contributed by atoms with E-state index >= 15 is 0 Å². The van der Waals surface area contributed by atoms with E-state index < -0.39 is 0 Å². The van der Waals surface area contributed by atoms with Gasteiger partial charge in [0.05, 0.1) is 5.69 Å². The van der Waals surface area contributed by atoms with E-state index in [1.807, 2.05) is 0 Å². The first kappa shape index (κ1) is 34.6. The van der Waals surface area contributed by atoms with Crippen molar-refractivity contribution in [2.24, 2.45) is 0 Å². The predicted molar refractivity (Wildman–Crippen MR) is 252 cm³/mol. The van der Waals surface area contributed by atoms with Crippen LogP contribution in [0.3, 0.4) is 0 Å². The second-order valence-electron chi connectivity index (χ2n) is 17.0. The second-order valence-corrected chi connectivity index (χ2v) is 17.0. The molecule has 0 radical (unpaired) electrons. The van der Waals surface area contributed by atoms with Crippen LogP contribution in [-0.4, -0.2) is 6.71 Å². The first-order valence-electron chi connectivity index (χ1n) is 20.6. The molecule has 0 atom stereocenters. The molecule has 1 nitrogen and oxygen atoms in total. The summed E-state index contributed by atoms with van der Waals surface area (Å²) in [5, 5.41) is 10.5. The van der Waals surface area contributed by atoms with Gasteiger partial charge in [0.1, 0.15) is 0 Å². The average molecular weight is 742 g/mol. The molecule has 2 heteroatoms. The SMILES string of the molecule is Cc1ccccc1B(c1cccc2ccccc12)c1cc(C)c2ccc3c(N(c4ccccc4)c4ccc5c(c4)C(C)(C)c4ccccc4-5)cc(C)c4ccc1c2c43. The Kier molecular flexibility index (Phi) is 7.72. The summed E-state index contributed by atoms with van der Waals surface area (Å²) in [6.45, 7) is 11.7. The summed E-state index contributed by atoms with van der Waals surface area (Å²) in [5.74, 6) is 0. The smallest absolute Gasteiger partial charge is 0.243 e. The third kappa shape index (κ3) is 5.04. The van der Waals surface area contributed by atoms with Gasteiger partial charge in [0.2, 0.25) is 6.71 Å². The molecule has 0 spiro atoms. The van der Waals surface area contributed by atoms with Crippen LogP contribution in [0.25, 0.3) is 54.2 Å². The Labute approximate surface area is 341 Å². The molecule has 10 aromatic rings. The molecule has 1 aliphatic carbocycles. The van der Waals surface area contributed by atoms with E-state index in [0.29, 0.717) is 0 Å². The van der Waals surface area contributed by atoms with Gasteiger partial charge in [-0.25, -0.2) is 0 Å². The molecule has 0 amide bonds. The van der Waals surface area contributed by atoms with E-state index in [1.54, 1.807) is 0 Å². The third-order valence-corrected chi connectivity index (χ3v) is 13.3. The van der Waals surface area contributed by atoms with Gasteiger partial charge in [-0.15, -0.1) is 0 Å². The first-order chi connectivity index (χ1) is 28.3. The second kappa shape index (κ2) is 12.9. The van der Waals surface area contributed by atoms with Crippen molar-refractivity contribution in [1.29, 1.82) is 0 Å². The molecule has 0 saturated carbocycles. The summed E-state index contributed by atoms with van der Waals surface area (Å²) in [5.41, 5.74) is 16.8. The first-order valence-corrected chi connectivity index (χ1v) is 20.6. The fourth-order valence-electron chi connectivity index (χ4n) is 10.5. The van der Waals surface area contributed by atoms with Crippen LogP contribution in [0.5, 0.6) is 0 Å². The molecule has 0 aliphatic heterocycles. The van der Waals surface area contributed by atoms with Gasteiger partial charge in [-0.1, -0.05) is 181 Å². The molecule has 1 aliphatic rings. The molecule has 276 valence electrons. The lowest BCUT2D eigenvalue weighted by atomic mass is 9.35. The summed E-state index contributed by atoms with van der Waals surface area (Å²) in [6, 6.07) is 66.1. The fraction of sp³-hybridized carbons (Fsp3) is 0.107. The van der Waals surface area contributed by atoms with Crippen LogP contribution in [0.1, 0.15) is 41.7 Å². The minimum Gasteiger partial charge on any atom is -0.310 e. The highest BCUT2D eigenvalue weighted by atomic mass is 15.1. The molecule has 58 heavy (non-hydrogen) atoms. The Morgan fingerprint density at radius 2 is 1.02 bits per heavy atom. The van der Waals surface area contributed by atoms with Crippen molar-refractivity contribution >= 4 is 83.3 Å². The topological polar surface area (TPSA) is 3.24 Å². The van der Waals surface area contributed by atoms with E-state index in [1.165, 1.54) is 110 Å². The summed E-state index contributed by atoms with van der Waals surface area (Å²) >= 11 is 0. The zero-order valence-corrected chi connectivity index (χ0v) is 33.8. The van der Waals surface area contributed by atoms with Crippen LogP contribution in [-0.2, 0) is 5.41 Å². The lowest BCUT2D eigenvalue weighted by Crippen LogP contribution is -2.53. The lowest BCUT2D eigenvalue weighted by Gasteiger charge is -2.30. The van der Waals surface area contributed by atoms with Crippen LogP contribution in [0.2, 0.25) is 0 Å². The summed E-state index contributed by atoms with van der Waals surface area (Å²) < 4.78 is 0. The number of hydrogen-bond acceptors (Lipinski definition) is 1. The predicted octanol–water partition coefficient (Wildman–Crippen LogP) is 13.0. The van der Waals surface area contributed by atoms with E-state index in [2.05, 4.69) is 215 Å². The Morgan fingerprint density at radius 1 is 0.397 bits per heavy atom. The van der Waals surface area contributed by atoms with Crippen LogP contribution in [0.15, 0.2) is 176 Å². The molecular formula is C56H44BN. The fourth-order valence-corrected chi connectivity index (χ4v) is 10.5. The monoisotopic (exact) mass is 741 g/mol. The van der Waals surface area contributed by atoms with Gasteiger partial charge in [-0.05, 0) is 122 Å². The Bertz CT molecular complexity index is 3240. The van der Waals surface area contributed by atoms with E-state index in [4.69, 9.17) is 0 Å². The number of rotatable bonds is 6. The number of benzene rings is 10. The average Bonchev–Trinajstić information content (AvgIpc) is 3.48. The maximum Gasteiger partial charge on any atom is 0.243 e. The summed E-state index contributed by atoms with van der Waals surface area (Å²) in [6.07, 6.45) is 0. The Balaban J connectivity index is 1.20. The molecule has 0 unspecified atom stereocenters. The molecule has 0 bridgehead atoms. The molecule has 0 aromatic heterocycles. The minimum atomic E-state index is -0.103. The van der Waals surface area contributed by atoms with Crippen molar-refractivity contribution in [1.82, 2.24) is 0 Å². The van der Waals surface area contributed by atoms with Crippen LogP contribution in [0, 0.1) is 20.8 Å². The van der Waals surface area contributed by atoms with Crippen LogP contribution >= 0.6 is 0 Å². The van der Waals surface area contributed by atoms with Crippen LogP contribution < -0.4 is 21.3 Å². The number of aryl methyl sites for hydroxylation is 3. The molecule has 10 aromatic carbocycles. The largest absolute Gasteiger partial charge is 0.310 e. The van der Waals surface area contributed by atoms with Gasteiger partial charge in [-0.2, -0.15) is 0 Å². The maximum absolute atomic E-state index is 2.50. The van der Waals surface area contributed by atoms with Gasteiger partial charge in [-0.3, -0.25) is 0 Å². The molecule has 0 saturated heterocycles. The van der Waals surface area contributed by atoms with E-state index in [-0.39, 0.29) is 12.1 Å². The zero-order valence-electron chi connectivity index (χ0n) is 33.8. The van der Waals surface area contributed by atoms with Crippen molar-refractivity contribution in [3.05, 3.63) is 204 Å². The highest BCUT2D eigenvalue weighted by Crippen LogP contribution is 2.52. The molecular weight excluding hydrogens is 697 g/mol. The van der Waals surface area contributed by atoms with E-state index in [0.717, 1.165) is 5.69 Å². The van der Waals surface area contributed by atoms with Crippen LogP contribution in [0.4, 0.5) is 17.1 Å². The Morgan fingerprint density at radius 3 is 1.84 bits per heavy atom. The zero-order chi connectivity index (χ0) is 39.3. The van der Waals surface area contributed by atoms with Gasteiger partial charge < -0.3 is 4.90 Å². The molecule has 0 heterocycles. The molecule has 0 N–H and O–H groups in total. The van der Waals surface area contributed by atoms with Crippen molar-refractivity contribution in [3.8, 4) is 11.1 Å². The highest BCUT2D eigenvalue weighted by molar-refractivity contribution is 6.98. The van der Waals surface area contributed by atoms with E-state index in [9.17, 15) is 0 Å². The quantitative estimate of drug-likeness (QED) is 0.121. The summed E-state index contributed by atoms with van der Waals surface area (Å²) in [4.78, 5) is 2.50. The van der Waals surface area contributed by atoms with Gasteiger partial charge in [0, 0.05) is 22.2 Å². The number of nitrogens with zero attached hydrogens (tertiary/aromatic N) is 1. The lowest BCUT2D eigenvalue weighted by molar-refractivity contribution is 0.660. The van der Waals surface area contributed by atoms with Gasteiger partial charge in [0.25, 0.3) is 0 Å². The van der Waals surface area contributed by atoms with Crippen molar-refractivity contribution in [2.75, 3.05) is 4.90 Å². The van der Waals surface area contributed by atoms with Gasteiger partial charge in [0.15, 0.2) is 0 Å². The number of hydrogen-bond donors (Lipinski definition) is 0. The minimum absolute atomic E-state index is 0.0517. The number of para-hydroxylation sites is 1. The number of fused-ring (bicyclic) bond motifs is 4. The van der Waals surface area contributed by atoms with Gasteiger partial charge >= 0.3 is 0 Å².